The zero-order valence-electron chi connectivity index (χ0n) is 19.1. The van der Waals surface area contributed by atoms with E-state index in [9.17, 15) is 9.59 Å². The van der Waals surface area contributed by atoms with Crippen LogP contribution in [0.25, 0.3) is 5.57 Å². The average Bonchev–Trinajstić information content (AvgIpc) is 3.05. The maximum absolute atomic E-state index is 13.7. The number of benzene rings is 3. The number of hydrogen-bond acceptors (Lipinski definition) is 4. The third-order valence-corrected chi connectivity index (χ3v) is 5.94. The number of aryl methyl sites for hydroxylation is 2. The number of likely N-dealkylation sites (N-methyl/N-ethyl adjacent to an activating group) is 1. The molecule has 1 aliphatic heterocycles. The van der Waals surface area contributed by atoms with Gasteiger partial charge in [0.05, 0.1) is 11.3 Å². The summed E-state index contributed by atoms with van der Waals surface area (Å²) in [6.07, 6.45) is 0. The van der Waals surface area contributed by atoms with Crippen LogP contribution in [-0.4, -0.2) is 33.0 Å². The van der Waals surface area contributed by atoms with E-state index in [1.165, 1.54) is 4.90 Å². The number of carbonyl (C=O) groups is 2. The minimum atomic E-state index is -0.328. The fraction of sp³-hybridized carbons (Fsp3) is 0.185. The molecular weight excluding hydrogens is 398 g/mol. The molecule has 0 spiro atoms. The molecule has 0 saturated heterocycles. The van der Waals surface area contributed by atoms with Crippen LogP contribution in [0.4, 0.5) is 17.1 Å². The molecule has 0 fully saturated rings. The van der Waals surface area contributed by atoms with Crippen LogP contribution in [0.5, 0.6) is 0 Å². The summed E-state index contributed by atoms with van der Waals surface area (Å²) in [4.78, 5) is 32.5. The quantitative estimate of drug-likeness (QED) is 0.552. The number of anilines is 3. The first kappa shape index (κ1) is 21.4. The highest BCUT2D eigenvalue weighted by atomic mass is 16.2. The van der Waals surface area contributed by atoms with Crippen molar-refractivity contribution < 1.29 is 9.59 Å². The fourth-order valence-corrected chi connectivity index (χ4v) is 3.91. The summed E-state index contributed by atoms with van der Waals surface area (Å²) in [5.74, 6) is -0.641. The van der Waals surface area contributed by atoms with Gasteiger partial charge in [-0.15, -0.1) is 0 Å². The number of imide groups is 1. The highest BCUT2D eigenvalue weighted by Gasteiger charge is 2.42. The van der Waals surface area contributed by atoms with E-state index >= 15 is 0 Å². The molecular formula is C27H27N3O2. The fourth-order valence-electron chi connectivity index (χ4n) is 3.91. The van der Waals surface area contributed by atoms with Crippen molar-refractivity contribution in [3.05, 3.63) is 95.2 Å². The van der Waals surface area contributed by atoms with Crippen LogP contribution in [0.3, 0.4) is 0 Å². The molecule has 1 heterocycles. The minimum Gasteiger partial charge on any atom is -0.378 e. The molecule has 3 aromatic carbocycles. The summed E-state index contributed by atoms with van der Waals surface area (Å²) in [6.45, 7) is 4.05. The second-order valence-electron chi connectivity index (χ2n) is 8.28. The lowest BCUT2D eigenvalue weighted by Crippen LogP contribution is -2.34. The molecule has 5 nitrogen and oxygen atoms in total. The van der Waals surface area contributed by atoms with Gasteiger partial charge in [-0.05, 0) is 60.9 Å². The van der Waals surface area contributed by atoms with Gasteiger partial charge < -0.3 is 9.80 Å². The summed E-state index contributed by atoms with van der Waals surface area (Å²) in [5.41, 5.74) is 6.07. The topological polar surface area (TPSA) is 43.9 Å². The molecule has 0 radical (unpaired) electrons. The maximum Gasteiger partial charge on any atom is 0.282 e. The molecule has 0 bridgehead atoms. The van der Waals surface area contributed by atoms with E-state index in [-0.39, 0.29) is 11.8 Å². The number of rotatable bonds is 5. The van der Waals surface area contributed by atoms with E-state index in [1.807, 2.05) is 107 Å². The smallest absolute Gasteiger partial charge is 0.282 e. The molecule has 0 atom stereocenters. The number of para-hydroxylation sites is 1. The van der Waals surface area contributed by atoms with Crippen molar-refractivity contribution in [2.24, 2.45) is 0 Å². The lowest BCUT2D eigenvalue weighted by atomic mass is 9.99. The summed E-state index contributed by atoms with van der Waals surface area (Å²) < 4.78 is 0. The average molecular weight is 426 g/mol. The lowest BCUT2D eigenvalue weighted by molar-refractivity contribution is -0.120. The largest absolute Gasteiger partial charge is 0.378 e. The van der Waals surface area contributed by atoms with Gasteiger partial charge in [-0.3, -0.25) is 9.59 Å². The predicted octanol–water partition coefficient (Wildman–Crippen LogP) is 4.79. The van der Waals surface area contributed by atoms with Gasteiger partial charge in [-0.25, -0.2) is 4.90 Å². The molecule has 5 heteroatoms. The summed E-state index contributed by atoms with van der Waals surface area (Å²) in [5, 5.41) is 0. The van der Waals surface area contributed by atoms with Crippen LogP contribution in [0.1, 0.15) is 16.7 Å². The molecule has 2 amide bonds. The van der Waals surface area contributed by atoms with E-state index in [2.05, 4.69) is 0 Å². The Balaban J connectivity index is 1.89. The molecule has 0 N–H and O–H groups in total. The second kappa shape index (κ2) is 8.35. The summed E-state index contributed by atoms with van der Waals surface area (Å²) >= 11 is 0. The van der Waals surface area contributed by atoms with Crippen LogP contribution < -0.4 is 14.7 Å². The molecule has 162 valence electrons. The van der Waals surface area contributed by atoms with Crippen molar-refractivity contribution in [2.45, 2.75) is 13.8 Å². The second-order valence-corrected chi connectivity index (χ2v) is 8.28. The standard InChI is InChI=1S/C27H27N3O2/c1-18-14-15-20(16-19(18)2)24-25(29(5)21-10-7-6-8-11-21)27(32)30(26(24)31)23-13-9-12-22(17-23)28(3)4/h6-17H,1-5H3. The first-order chi connectivity index (χ1) is 15.3. The summed E-state index contributed by atoms with van der Waals surface area (Å²) in [7, 11) is 5.69. The van der Waals surface area contributed by atoms with Crippen molar-refractivity contribution in [1.82, 2.24) is 0 Å². The third kappa shape index (κ3) is 3.66. The van der Waals surface area contributed by atoms with E-state index in [0.717, 1.165) is 28.1 Å². The minimum absolute atomic E-state index is 0.313. The van der Waals surface area contributed by atoms with Crippen molar-refractivity contribution >= 4 is 34.4 Å². The molecule has 3 aromatic rings. The molecule has 0 unspecified atom stereocenters. The Hall–Kier alpha value is -3.86. The molecule has 32 heavy (non-hydrogen) atoms. The van der Waals surface area contributed by atoms with Gasteiger partial charge in [-0.1, -0.05) is 42.5 Å². The molecule has 0 aromatic heterocycles. The van der Waals surface area contributed by atoms with Gasteiger partial charge in [-0.2, -0.15) is 0 Å². The van der Waals surface area contributed by atoms with E-state index in [4.69, 9.17) is 0 Å². The van der Waals surface area contributed by atoms with Gasteiger partial charge in [0.15, 0.2) is 0 Å². The van der Waals surface area contributed by atoms with E-state index in [0.29, 0.717) is 17.0 Å². The van der Waals surface area contributed by atoms with Crippen LogP contribution in [0.2, 0.25) is 0 Å². The first-order valence-electron chi connectivity index (χ1n) is 10.6. The van der Waals surface area contributed by atoms with E-state index in [1.54, 1.807) is 11.0 Å². The number of hydrogen-bond donors (Lipinski definition) is 0. The van der Waals surface area contributed by atoms with E-state index < -0.39 is 0 Å². The number of nitrogens with zero attached hydrogens (tertiary/aromatic N) is 3. The Morgan fingerprint density at radius 2 is 1.38 bits per heavy atom. The predicted molar refractivity (Wildman–Crippen MR) is 131 cm³/mol. The Labute approximate surface area is 189 Å². The monoisotopic (exact) mass is 425 g/mol. The Morgan fingerprint density at radius 1 is 0.688 bits per heavy atom. The van der Waals surface area contributed by atoms with Gasteiger partial charge >= 0.3 is 0 Å². The van der Waals surface area contributed by atoms with Crippen LogP contribution >= 0.6 is 0 Å². The highest BCUT2D eigenvalue weighted by molar-refractivity contribution is 6.46. The van der Waals surface area contributed by atoms with Crippen molar-refractivity contribution in [2.75, 3.05) is 35.8 Å². The van der Waals surface area contributed by atoms with Crippen molar-refractivity contribution in [1.29, 1.82) is 0 Å². The van der Waals surface area contributed by atoms with Crippen LogP contribution in [0, 0.1) is 13.8 Å². The highest BCUT2D eigenvalue weighted by Crippen LogP contribution is 2.37. The normalized spacial score (nSPS) is 13.7. The first-order valence-corrected chi connectivity index (χ1v) is 10.6. The lowest BCUT2D eigenvalue weighted by Gasteiger charge is -2.22. The molecule has 0 aliphatic carbocycles. The van der Waals surface area contributed by atoms with Crippen LogP contribution in [-0.2, 0) is 9.59 Å². The SMILES string of the molecule is Cc1ccc(C2=C(N(C)c3ccccc3)C(=O)N(c3cccc(N(C)C)c3)C2=O)cc1C. The third-order valence-electron chi connectivity index (χ3n) is 5.94. The maximum atomic E-state index is 13.7. The van der Waals surface area contributed by atoms with Crippen molar-refractivity contribution in [3.8, 4) is 0 Å². The van der Waals surface area contributed by atoms with Gasteiger partial charge in [0, 0.05) is 32.5 Å². The van der Waals surface area contributed by atoms with Crippen LogP contribution in [0.15, 0.2) is 78.5 Å². The molecule has 4 rings (SSSR count). The summed E-state index contributed by atoms with van der Waals surface area (Å²) in [6, 6.07) is 23.0. The number of amides is 2. The zero-order valence-corrected chi connectivity index (χ0v) is 19.1. The zero-order chi connectivity index (χ0) is 23.0. The van der Waals surface area contributed by atoms with Gasteiger partial charge in [0.1, 0.15) is 5.70 Å². The Bertz CT molecular complexity index is 1230. The van der Waals surface area contributed by atoms with Gasteiger partial charge in [0.2, 0.25) is 0 Å². The van der Waals surface area contributed by atoms with Crippen molar-refractivity contribution in [3.63, 3.8) is 0 Å². The number of carbonyl (C=O) groups excluding carboxylic acids is 2. The molecule has 0 saturated carbocycles. The van der Waals surface area contributed by atoms with Gasteiger partial charge in [0.25, 0.3) is 11.8 Å². The Morgan fingerprint density at radius 3 is 2.03 bits per heavy atom. The molecule has 1 aliphatic rings. The Kier molecular flexibility index (Phi) is 5.57.